The minimum Gasteiger partial charge on any atom is -0.454 e. The molecular formula is C17H16N2O4. The maximum absolute atomic E-state index is 12.2. The molecule has 0 aliphatic carbocycles. The Kier molecular flexibility index (Phi) is 4.14. The third-order valence-corrected chi connectivity index (χ3v) is 3.50. The Morgan fingerprint density at radius 3 is 2.61 bits per heavy atom. The summed E-state index contributed by atoms with van der Waals surface area (Å²) in [5.74, 6) is 0.835. The Morgan fingerprint density at radius 2 is 1.78 bits per heavy atom. The highest BCUT2D eigenvalue weighted by atomic mass is 16.7. The molecule has 23 heavy (non-hydrogen) atoms. The average molecular weight is 312 g/mol. The van der Waals surface area contributed by atoms with Crippen molar-refractivity contribution in [1.29, 1.82) is 0 Å². The molecule has 0 radical (unpaired) electrons. The van der Waals surface area contributed by atoms with Crippen LogP contribution in [0, 0.1) is 0 Å². The predicted molar refractivity (Wildman–Crippen MR) is 83.6 cm³/mol. The highest BCUT2D eigenvalue weighted by Crippen LogP contribution is 2.32. The van der Waals surface area contributed by atoms with Crippen LogP contribution in [0.3, 0.4) is 0 Å². The Bertz CT molecular complexity index is 758. The first-order valence-corrected chi connectivity index (χ1v) is 7.16. The van der Waals surface area contributed by atoms with Crippen LogP contribution < -0.4 is 20.1 Å². The molecule has 0 saturated carbocycles. The lowest BCUT2D eigenvalue weighted by Gasteiger charge is -2.07. The molecule has 6 nitrogen and oxygen atoms in total. The van der Waals surface area contributed by atoms with Gasteiger partial charge in [0.05, 0.1) is 0 Å². The summed E-state index contributed by atoms with van der Waals surface area (Å²) in [6.07, 6.45) is 0. The second kappa shape index (κ2) is 6.39. The molecule has 0 spiro atoms. The van der Waals surface area contributed by atoms with Gasteiger partial charge in [0, 0.05) is 24.7 Å². The Morgan fingerprint density at radius 1 is 1.00 bits per heavy atom. The standard InChI is InChI=1S/C17H16N2O4/c1-18-16(20)12-4-2-3-11(7-12)9-19-17(21)13-5-6-14-15(8-13)23-10-22-14/h2-8H,9-10H2,1H3,(H,18,20)(H,19,21). The van der Waals surface area contributed by atoms with Gasteiger partial charge in [-0.1, -0.05) is 12.1 Å². The van der Waals surface area contributed by atoms with E-state index in [9.17, 15) is 9.59 Å². The van der Waals surface area contributed by atoms with Crippen molar-refractivity contribution in [2.75, 3.05) is 13.8 Å². The van der Waals surface area contributed by atoms with E-state index < -0.39 is 0 Å². The number of amides is 2. The molecule has 6 heteroatoms. The molecule has 0 atom stereocenters. The van der Waals surface area contributed by atoms with Crippen LogP contribution in [-0.2, 0) is 6.54 Å². The number of rotatable bonds is 4. The number of carbonyl (C=O) groups excluding carboxylic acids is 2. The summed E-state index contributed by atoms with van der Waals surface area (Å²) in [7, 11) is 1.58. The summed E-state index contributed by atoms with van der Waals surface area (Å²) < 4.78 is 10.5. The number of hydrogen-bond donors (Lipinski definition) is 2. The van der Waals surface area contributed by atoms with Crippen molar-refractivity contribution < 1.29 is 19.1 Å². The topological polar surface area (TPSA) is 76.7 Å². The van der Waals surface area contributed by atoms with E-state index in [1.54, 1.807) is 43.4 Å². The van der Waals surface area contributed by atoms with Crippen LogP contribution in [0.15, 0.2) is 42.5 Å². The van der Waals surface area contributed by atoms with Crippen molar-refractivity contribution in [3.8, 4) is 11.5 Å². The Balaban J connectivity index is 1.66. The van der Waals surface area contributed by atoms with E-state index in [4.69, 9.17) is 9.47 Å². The molecule has 2 N–H and O–H groups in total. The number of fused-ring (bicyclic) bond motifs is 1. The third kappa shape index (κ3) is 3.26. The monoisotopic (exact) mass is 312 g/mol. The van der Waals surface area contributed by atoms with Crippen molar-refractivity contribution in [3.63, 3.8) is 0 Å². The largest absolute Gasteiger partial charge is 0.454 e. The summed E-state index contributed by atoms with van der Waals surface area (Å²) >= 11 is 0. The highest BCUT2D eigenvalue weighted by molar-refractivity contribution is 5.95. The molecule has 0 bridgehead atoms. The molecule has 1 aliphatic rings. The molecule has 118 valence electrons. The zero-order valence-electron chi connectivity index (χ0n) is 12.6. The van der Waals surface area contributed by atoms with E-state index in [0.717, 1.165) is 5.56 Å². The van der Waals surface area contributed by atoms with Crippen LogP contribution in [0.25, 0.3) is 0 Å². The first-order chi connectivity index (χ1) is 11.2. The first kappa shape index (κ1) is 14.9. The fourth-order valence-electron chi connectivity index (χ4n) is 2.29. The minimum atomic E-state index is -0.214. The Labute approximate surface area is 133 Å². The third-order valence-electron chi connectivity index (χ3n) is 3.50. The summed E-state index contributed by atoms with van der Waals surface area (Å²) in [5, 5.41) is 5.39. The fraction of sp³-hybridized carbons (Fsp3) is 0.176. The van der Waals surface area contributed by atoms with Gasteiger partial charge in [-0.2, -0.15) is 0 Å². The van der Waals surface area contributed by atoms with Crippen molar-refractivity contribution in [1.82, 2.24) is 10.6 Å². The Hall–Kier alpha value is -3.02. The molecule has 0 unspecified atom stereocenters. The summed E-state index contributed by atoms with van der Waals surface area (Å²) in [6, 6.07) is 12.2. The van der Waals surface area contributed by atoms with Gasteiger partial charge >= 0.3 is 0 Å². The van der Waals surface area contributed by atoms with E-state index in [1.807, 2.05) is 6.07 Å². The van der Waals surface area contributed by atoms with Gasteiger partial charge in [-0.05, 0) is 35.9 Å². The quantitative estimate of drug-likeness (QED) is 0.901. The predicted octanol–water partition coefficient (Wildman–Crippen LogP) is 1.70. The first-order valence-electron chi connectivity index (χ1n) is 7.16. The molecule has 2 amide bonds. The van der Waals surface area contributed by atoms with Gasteiger partial charge in [-0.15, -0.1) is 0 Å². The summed E-state index contributed by atoms with van der Waals surface area (Å²) in [4.78, 5) is 23.8. The van der Waals surface area contributed by atoms with Gasteiger partial charge in [0.15, 0.2) is 11.5 Å². The van der Waals surface area contributed by atoms with Gasteiger partial charge in [0.2, 0.25) is 6.79 Å². The molecule has 0 aromatic heterocycles. The summed E-state index contributed by atoms with van der Waals surface area (Å²) in [6.45, 7) is 0.505. The molecular weight excluding hydrogens is 296 g/mol. The van der Waals surface area contributed by atoms with E-state index in [2.05, 4.69) is 10.6 Å². The van der Waals surface area contributed by atoms with Crippen molar-refractivity contribution in [3.05, 3.63) is 59.2 Å². The lowest BCUT2D eigenvalue weighted by Crippen LogP contribution is -2.23. The number of hydrogen-bond acceptors (Lipinski definition) is 4. The molecule has 0 saturated heterocycles. The molecule has 0 fully saturated rings. The lowest BCUT2D eigenvalue weighted by molar-refractivity contribution is 0.0948. The SMILES string of the molecule is CNC(=O)c1cccc(CNC(=O)c2ccc3c(c2)OCO3)c1. The van der Waals surface area contributed by atoms with Crippen molar-refractivity contribution >= 4 is 11.8 Å². The second-order valence-electron chi connectivity index (χ2n) is 5.03. The van der Waals surface area contributed by atoms with Crippen LogP contribution >= 0.6 is 0 Å². The molecule has 2 aromatic rings. The van der Waals surface area contributed by atoms with Crippen molar-refractivity contribution in [2.45, 2.75) is 6.54 Å². The lowest BCUT2D eigenvalue weighted by atomic mass is 10.1. The van der Waals surface area contributed by atoms with Crippen molar-refractivity contribution in [2.24, 2.45) is 0 Å². The summed E-state index contributed by atoms with van der Waals surface area (Å²) in [5.41, 5.74) is 1.90. The van der Waals surface area contributed by atoms with Crippen LogP contribution in [0.1, 0.15) is 26.3 Å². The van der Waals surface area contributed by atoms with E-state index in [-0.39, 0.29) is 18.6 Å². The van der Waals surface area contributed by atoms with Gasteiger partial charge in [0.25, 0.3) is 11.8 Å². The van der Waals surface area contributed by atoms with E-state index >= 15 is 0 Å². The van der Waals surface area contributed by atoms with Crippen LogP contribution in [0.5, 0.6) is 11.5 Å². The number of benzene rings is 2. The maximum Gasteiger partial charge on any atom is 0.251 e. The van der Waals surface area contributed by atoms with E-state index in [0.29, 0.717) is 29.2 Å². The second-order valence-corrected chi connectivity index (χ2v) is 5.03. The average Bonchev–Trinajstić information content (AvgIpc) is 3.06. The fourth-order valence-corrected chi connectivity index (χ4v) is 2.29. The minimum absolute atomic E-state index is 0.158. The highest BCUT2D eigenvalue weighted by Gasteiger charge is 2.16. The normalized spacial score (nSPS) is 11.9. The molecule has 2 aromatic carbocycles. The van der Waals surface area contributed by atoms with E-state index in [1.165, 1.54) is 0 Å². The van der Waals surface area contributed by atoms with Gasteiger partial charge in [-0.25, -0.2) is 0 Å². The molecule has 1 heterocycles. The van der Waals surface area contributed by atoms with Crippen LogP contribution in [0.2, 0.25) is 0 Å². The maximum atomic E-state index is 12.2. The van der Waals surface area contributed by atoms with Gasteiger partial charge in [0.1, 0.15) is 0 Å². The number of carbonyl (C=O) groups is 2. The zero-order valence-corrected chi connectivity index (χ0v) is 12.6. The smallest absolute Gasteiger partial charge is 0.251 e. The molecule has 1 aliphatic heterocycles. The van der Waals surface area contributed by atoms with Gasteiger partial charge < -0.3 is 20.1 Å². The van der Waals surface area contributed by atoms with Gasteiger partial charge in [-0.3, -0.25) is 9.59 Å². The molecule has 3 rings (SSSR count). The number of nitrogens with one attached hydrogen (secondary N) is 2. The van der Waals surface area contributed by atoms with Crippen LogP contribution in [-0.4, -0.2) is 25.7 Å². The van der Waals surface area contributed by atoms with Crippen LogP contribution in [0.4, 0.5) is 0 Å². The zero-order chi connectivity index (χ0) is 16.2. The number of ether oxygens (including phenoxy) is 2.